The summed E-state index contributed by atoms with van der Waals surface area (Å²) in [6, 6.07) is 0.232. The zero-order chi connectivity index (χ0) is 13.1. The van der Waals surface area contributed by atoms with Crippen molar-refractivity contribution in [2.24, 2.45) is 5.92 Å². The Morgan fingerprint density at radius 1 is 1.35 bits per heavy atom. The summed E-state index contributed by atoms with van der Waals surface area (Å²) in [6.07, 6.45) is 2.98. The van der Waals surface area contributed by atoms with Gasteiger partial charge in [-0.15, -0.1) is 0 Å². The minimum absolute atomic E-state index is 0.0846. The zero-order valence-corrected chi connectivity index (χ0v) is 12.3. The smallest absolute Gasteiger partial charge is 0.215 e. The zero-order valence-electron chi connectivity index (χ0n) is 11.4. The maximum atomic E-state index is 12.2. The average Bonchev–Trinajstić information content (AvgIpc) is 2.67. The molecular weight excluding hydrogens is 236 g/mol. The summed E-state index contributed by atoms with van der Waals surface area (Å²) in [5.74, 6) is 0.763. The van der Waals surface area contributed by atoms with E-state index in [1.54, 1.807) is 11.4 Å². The van der Waals surface area contributed by atoms with Crippen molar-refractivity contribution in [2.45, 2.75) is 52.1 Å². The van der Waals surface area contributed by atoms with E-state index in [1.165, 1.54) is 0 Å². The molecule has 1 aliphatic heterocycles. The van der Waals surface area contributed by atoms with E-state index >= 15 is 0 Å². The van der Waals surface area contributed by atoms with E-state index in [4.69, 9.17) is 0 Å². The minimum Gasteiger partial charge on any atom is -0.313 e. The van der Waals surface area contributed by atoms with Crippen LogP contribution in [0.15, 0.2) is 0 Å². The molecule has 2 unspecified atom stereocenters. The molecule has 0 aromatic heterocycles. The third kappa shape index (κ3) is 4.56. The van der Waals surface area contributed by atoms with Crippen LogP contribution in [0.5, 0.6) is 0 Å². The van der Waals surface area contributed by atoms with Crippen LogP contribution in [0.4, 0.5) is 0 Å². The van der Waals surface area contributed by atoms with Crippen LogP contribution in [-0.4, -0.2) is 44.2 Å². The van der Waals surface area contributed by atoms with Crippen LogP contribution < -0.4 is 5.32 Å². The van der Waals surface area contributed by atoms with Crippen molar-refractivity contribution in [1.29, 1.82) is 0 Å². The highest BCUT2D eigenvalue weighted by atomic mass is 32.2. The Labute approximate surface area is 106 Å². The second kappa shape index (κ2) is 6.16. The van der Waals surface area contributed by atoms with Gasteiger partial charge in [-0.05, 0) is 38.6 Å². The maximum absolute atomic E-state index is 12.2. The van der Waals surface area contributed by atoms with Crippen molar-refractivity contribution in [3.63, 3.8) is 0 Å². The summed E-state index contributed by atoms with van der Waals surface area (Å²) >= 11 is 0. The first kappa shape index (κ1) is 14.9. The molecule has 5 heteroatoms. The second-order valence-corrected chi connectivity index (χ2v) is 7.64. The predicted octanol–water partition coefficient (Wildman–Crippen LogP) is 1.43. The van der Waals surface area contributed by atoms with Gasteiger partial charge < -0.3 is 5.32 Å². The second-order valence-electron chi connectivity index (χ2n) is 5.57. The van der Waals surface area contributed by atoms with Gasteiger partial charge in [0.1, 0.15) is 0 Å². The maximum Gasteiger partial charge on any atom is 0.215 e. The lowest BCUT2D eigenvalue weighted by molar-refractivity contribution is 0.336. The lowest BCUT2D eigenvalue weighted by Gasteiger charge is -2.26. The quantitative estimate of drug-likeness (QED) is 0.788. The fourth-order valence-corrected chi connectivity index (χ4v) is 4.04. The fraction of sp³-hybridized carbons (Fsp3) is 1.00. The summed E-state index contributed by atoms with van der Waals surface area (Å²) in [6.45, 7) is 7.18. The molecule has 0 aromatic carbocycles. The van der Waals surface area contributed by atoms with Crippen molar-refractivity contribution in [2.75, 3.05) is 19.3 Å². The summed E-state index contributed by atoms with van der Waals surface area (Å²) in [7, 11) is -1.41. The molecule has 0 saturated carbocycles. The Bertz CT molecular complexity index is 321. The van der Waals surface area contributed by atoms with Gasteiger partial charge in [-0.1, -0.05) is 13.8 Å². The van der Waals surface area contributed by atoms with Crippen molar-refractivity contribution < 1.29 is 8.42 Å². The number of rotatable bonds is 6. The standard InChI is InChI=1S/C12H26N2O2S/c1-10(2)8-11(3)14(4)17(15,16)9-12-6-5-7-13-12/h10-13H,5-9H2,1-4H3. The van der Waals surface area contributed by atoms with E-state index in [-0.39, 0.29) is 17.8 Å². The van der Waals surface area contributed by atoms with Crippen molar-refractivity contribution in [1.82, 2.24) is 9.62 Å². The molecule has 0 aliphatic carbocycles. The van der Waals surface area contributed by atoms with Gasteiger partial charge in [0.15, 0.2) is 0 Å². The van der Waals surface area contributed by atoms with Crippen LogP contribution >= 0.6 is 0 Å². The van der Waals surface area contributed by atoms with Gasteiger partial charge in [0.25, 0.3) is 0 Å². The number of hydrogen-bond donors (Lipinski definition) is 1. The van der Waals surface area contributed by atoms with Crippen LogP contribution in [0.25, 0.3) is 0 Å². The van der Waals surface area contributed by atoms with Crippen molar-refractivity contribution in [3.05, 3.63) is 0 Å². The van der Waals surface area contributed by atoms with Crippen molar-refractivity contribution in [3.8, 4) is 0 Å². The molecule has 4 nitrogen and oxygen atoms in total. The normalized spacial score (nSPS) is 23.5. The Hall–Kier alpha value is -0.130. The molecule has 1 fully saturated rings. The van der Waals surface area contributed by atoms with Crippen molar-refractivity contribution >= 4 is 10.0 Å². The van der Waals surface area contributed by atoms with E-state index in [0.29, 0.717) is 5.92 Å². The molecule has 17 heavy (non-hydrogen) atoms. The third-order valence-electron chi connectivity index (χ3n) is 3.45. The van der Waals surface area contributed by atoms with E-state index in [2.05, 4.69) is 19.2 Å². The van der Waals surface area contributed by atoms with E-state index in [9.17, 15) is 8.42 Å². The molecule has 0 bridgehead atoms. The minimum atomic E-state index is -3.12. The number of nitrogens with zero attached hydrogens (tertiary/aromatic N) is 1. The van der Waals surface area contributed by atoms with Crippen LogP contribution in [-0.2, 0) is 10.0 Å². The molecule has 1 rings (SSSR count). The molecule has 1 heterocycles. The van der Waals surface area contributed by atoms with Crippen LogP contribution in [0, 0.1) is 5.92 Å². The molecule has 1 saturated heterocycles. The fourth-order valence-electron chi connectivity index (χ4n) is 2.38. The molecule has 0 spiro atoms. The van der Waals surface area contributed by atoms with Gasteiger partial charge in [-0.3, -0.25) is 0 Å². The van der Waals surface area contributed by atoms with Gasteiger partial charge in [0.05, 0.1) is 5.75 Å². The third-order valence-corrected chi connectivity index (χ3v) is 5.51. The largest absolute Gasteiger partial charge is 0.313 e. The first-order valence-electron chi connectivity index (χ1n) is 6.52. The Balaban J connectivity index is 2.55. The highest BCUT2D eigenvalue weighted by Crippen LogP contribution is 2.16. The first-order chi connectivity index (χ1) is 7.83. The molecule has 0 amide bonds. The summed E-state index contributed by atoms with van der Waals surface area (Å²) < 4.78 is 25.9. The SMILES string of the molecule is CC(C)CC(C)N(C)S(=O)(=O)CC1CCCN1. The Morgan fingerprint density at radius 3 is 2.47 bits per heavy atom. The van der Waals surface area contributed by atoms with E-state index in [1.807, 2.05) is 6.92 Å². The van der Waals surface area contributed by atoms with Gasteiger partial charge in [0, 0.05) is 19.1 Å². The summed E-state index contributed by atoms with van der Waals surface area (Å²) in [5.41, 5.74) is 0. The lowest BCUT2D eigenvalue weighted by Crippen LogP contribution is -2.42. The Kier molecular flexibility index (Phi) is 5.41. The molecular formula is C12H26N2O2S. The van der Waals surface area contributed by atoms with Crippen LogP contribution in [0.1, 0.15) is 40.0 Å². The highest BCUT2D eigenvalue weighted by Gasteiger charge is 2.28. The topological polar surface area (TPSA) is 49.4 Å². The molecule has 2 atom stereocenters. The summed E-state index contributed by atoms with van der Waals surface area (Å²) in [4.78, 5) is 0. The lowest BCUT2D eigenvalue weighted by atomic mass is 10.1. The number of nitrogens with one attached hydrogen (secondary N) is 1. The van der Waals surface area contributed by atoms with Crippen LogP contribution in [0.2, 0.25) is 0 Å². The van der Waals surface area contributed by atoms with Gasteiger partial charge in [-0.25, -0.2) is 12.7 Å². The van der Waals surface area contributed by atoms with Gasteiger partial charge in [0.2, 0.25) is 10.0 Å². The molecule has 1 aliphatic rings. The average molecular weight is 262 g/mol. The van der Waals surface area contributed by atoms with E-state index in [0.717, 1.165) is 25.8 Å². The highest BCUT2D eigenvalue weighted by molar-refractivity contribution is 7.89. The first-order valence-corrected chi connectivity index (χ1v) is 8.13. The molecule has 1 N–H and O–H groups in total. The monoisotopic (exact) mass is 262 g/mol. The summed E-state index contributed by atoms with van der Waals surface area (Å²) in [5, 5.41) is 3.24. The molecule has 102 valence electrons. The Morgan fingerprint density at radius 2 is 2.00 bits per heavy atom. The van der Waals surface area contributed by atoms with E-state index < -0.39 is 10.0 Å². The number of hydrogen-bond acceptors (Lipinski definition) is 3. The molecule has 0 radical (unpaired) electrons. The molecule has 0 aromatic rings. The van der Waals surface area contributed by atoms with Crippen LogP contribution in [0.3, 0.4) is 0 Å². The predicted molar refractivity (Wildman–Crippen MR) is 71.5 cm³/mol. The van der Waals surface area contributed by atoms with Gasteiger partial charge >= 0.3 is 0 Å². The van der Waals surface area contributed by atoms with Gasteiger partial charge in [-0.2, -0.15) is 0 Å². The number of sulfonamides is 1.